The normalized spacial score (nSPS) is 12.5. The Bertz CT molecular complexity index is 1060. The molecule has 0 radical (unpaired) electrons. The van der Waals surface area contributed by atoms with Crippen LogP contribution in [0.15, 0.2) is 42.5 Å². The number of rotatable bonds is 8. The Balaban J connectivity index is 1.79. The summed E-state index contributed by atoms with van der Waals surface area (Å²) >= 11 is 0. The Hall–Kier alpha value is -3.88. The lowest BCUT2D eigenvalue weighted by molar-refractivity contribution is -0.123. The van der Waals surface area contributed by atoms with Crippen molar-refractivity contribution in [1.29, 1.82) is 0 Å². The molecule has 0 unspecified atom stereocenters. The van der Waals surface area contributed by atoms with Gasteiger partial charge in [-0.25, -0.2) is 4.79 Å². The first-order valence-corrected chi connectivity index (χ1v) is 10.8. The molecule has 2 aromatic carbocycles. The molecular formula is C24H27N3O6. The van der Waals surface area contributed by atoms with Gasteiger partial charge in [0.05, 0.1) is 17.9 Å². The van der Waals surface area contributed by atoms with Crippen molar-refractivity contribution in [2.75, 3.05) is 43.1 Å². The predicted octanol–water partition coefficient (Wildman–Crippen LogP) is 2.71. The van der Waals surface area contributed by atoms with Crippen LogP contribution in [0.5, 0.6) is 5.75 Å². The molecule has 0 atom stereocenters. The highest BCUT2D eigenvalue weighted by Gasteiger charge is 2.29. The van der Waals surface area contributed by atoms with E-state index >= 15 is 0 Å². The highest BCUT2D eigenvalue weighted by molar-refractivity contribution is 6.06. The molecule has 0 saturated heterocycles. The first-order valence-electron chi connectivity index (χ1n) is 10.8. The monoisotopic (exact) mass is 453 g/mol. The van der Waals surface area contributed by atoms with Gasteiger partial charge in [0.1, 0.15) is 12.3 Å². The van der Waals surface area contributed by atoms with Gasteiger partial charge in [0.15, 0.2) is 6.61 Å². The Morgan fingerprint density at radius 3 is 2.52 bits per heavy atom. The number of esters is 1. The minimum atomic E-state index is -0.490. The second kappa shape index (κ2) is 10.6. The van der Waals surface area contributed by atoms with E-state index < -0.39 is 17.8 Å². The molecule has 2 aromatic rings. The first kappa shape index (κ1) is 23.8. The summed E-state index contributed by atoms with van der Waals surface area (Å²) in [6.07, 6.45) is 0. The van der Waals surface area contributed by atoms with Crippen LogP contribution in [0.25, 0.3) is 0 Å². The minimum absolute atomic E-state index is 0.166. The molecule has 0 aliphatic carbocycles. The number of carbonyl (C=O) groups is 4. The molecule has 0 fully saturated rings. The van der Waals surface area contributed by atoms with Gasteiger partial charge in [0, 0.05) is 24.3 Å². The van der Waals surface area contributed by atoms with Gasteiger partial charge in [-0.3, -0.25) is 19.3 Å². The van der Waals surface area contributed by atoms with Crippen LogP contribution in [0.3, 0.4) is 0 Å². The summed E-state index contributed by atoms with van der Waals surface area (Å²) in [6, 6.07) is 11.2. The summed E-state index contributed by atoms with van der Waals surface area (Å²) in [6.45, 7) is 6.36. The molecule has 0 bridgehead atoms. The second-order valence-electron chi connectivity index (χ2n) is 7.28. The topological polar surface area (TPSA) is 105 Å². The van der Waals surface area contributed by atoms with E-state index in [0.717, 1.165) is 0 Å². The second-order valence-corrected chi connectivity index (χ2v) is 7.28. The summed E-state index contributed by atoms with van der Waals surface area (Å²) in [5, 5.41) is 2.70. The average molecular weight is 453 g/mol. The van der Waals surface area contributed by atoms with Gasteiger partial charge >= 0.3 is 5.97 Å². The van der Waals surface area contributed by atoms with Crippen LogP contribution in [0.4, 0.5) is 11.4 Å². The van der Waals surface area contributed by atoms with Crippen molar-refractivity contribution < 1.29 is 28.7 Å². The van der Waals surface area contributed by atoms with E-state index in [1.807, 2.05) is 13.8 Å². The van der Waals surface area contributed by atoms with Crippen molar-refractivity contribution in [3.05, 3.63) is 53.6 Å². The summed E-state index contributed by atoms with van der Waals surface area (Å²) in [7, 11) is 0. The molecule has 0 spiro atoms. The zero-order valence-electron chi connectivity index (χ0n) is 18.9. The zero-order valence-corrected chi connectivity index (χ0v) is 18.9. The first-order chi connectivity index (χ1) is 15.9. The highest BCUT2D eigenvalue weighted by atomic mass is 16.5. The van der Waals surface area contributed by atoms with Crippen molar-refractivity contribution in [1.82, 2.24) is 4.90 Å². The molecule has 1 N–H and O–H groups in total. The number of nitrogens with one attached hydrogen (secondary N) is 1. The molecule has 0 saturated carbocycles. The quantitative estimate of drug-likeness (QED) is 0.616. The highest BCUT2D eigenvalue weighted by Crippen LogP contribution is 2.33. The summed E-state index contributed by atoms with van der Waals surface area (Å²) < 4.78 is 10.5. The number of amides is 3. The standard InChI is InChI=1S/C24H27N3O6/c1-4-26(5-2)23(30)16-10-11-20-19(13-16)27(22(29)15-33-20)14-21(28)25-18-9-7-8-17(12-18)24(31)32-6-3/h7-13H,4-6,14-15H2,1-3H3,(H,25,28). The van der Waals surface area contributed by atoms with E-state index in [1.54, 1.807) is 48.2 Å². The van der Waals surface area contributed by atoms with Gasteiger partial charge < -0.3 is 19.7 Å². The maximum absolute atomic E-state index is 12.7. The van der Waals surface area contributed by atoms with E-state index in [2.05, 4.69) is 5.32 Å². The molecule has 174 valence electrons. The van der Waals surface area contributed by atoms with E-state index in [1.165, 1.54) is 11.0 Å². The molecule has 33 heavy (non-hydrogen) atoms. The number of nitrogens with zero attached hydrogens (tertiary/aromatic N) is 2. The smallest absolute Gasteiger partial charge is 0.338 e. The molecule has 9 nitrogen and oxygen atoms in total. The maximum atomic E-state index is 12.7. The molecule has 1 heterocycles. The number of fused-ring (bicyclic) bond motifs is 1. The fraction of sp³-hybridized carbons (Fsp3) is 0.333. The SMILES string of the molecule is CCOC(=O)c1cccc(NC(=O)CN2C(=O)COc3ccc(C(=O)N(CC)CC)cc32)c1. The van der Waals surface area contributed by atoms with Crippen molar-refractivity contribution in [3.63, 3.8) is 0 Å². The number of hydrogen-bond donors (Lipinski definition) is 1. The maximum Gasteiger partial charge on any atom is 0.338 e. The predicted molar refractivity (Wildman–Crippen MR) is 123 cm³/mol. The van der Waals surface area contributed by atoms with E-state index in [0.29, 0.717) is 41.3 Å². The fourth-order valence-corrected chi connectivity index (χ4v) is 3.48. The van der Waals surface area contributed by atoms with Crippen LogP contribution in [0.1, 0.15) is 41.5 Å². The third-order valence-electron chi connectivity index (χ3n) is 5.16. The molecule has 9 heteroatoms. The van der Waals surface area contributed by atoms with E-state index in [-0.39, 0.29) is 25.7 Å². The number of benzene rings is 2. The van der Waals surface area contributed by atoms with Crippen LogP contribution in [0, 0.1) is 0 Å². The van der Waals surface area contributed by atoms with Crippen molar-refractivity contribution in [2.24, 2.45) is 0 Å². The van der Waals surface area contributed by atoms with E-state index in [9.17, 15) is 19.2 Å². The Labute approximate surface area is 192 Å². The van der Waals surface area contributed by atoms with Crippen LogP contribution in [0.2, 0.25) is 0 Å². The fourth-order valence-electron chi connectivity index (χ4n) is 3.48. The van der Waals surface area contributed by atoms with Crippen molar-refractivity contribution in [2.45, 2.75) is 20.8 Å². The molecule has 1 aliphatic heterocycles. The molecule has 1 aliphatic rings. The Morgan fingerprint density at radius 2 is 1.82 bits per heavy atom. The summed E-state index contributed by atoms with van der Waals surface area (Å²) in [4.78, 5) is 52.9. The number of hydrogen-bond acceptors (Lipinski definition) is 6. The average Bonchev–Trinajstić information content (AvgIpc) is 2.81. The lowest BCUT2D eigenvalue weighted by atomic mass is 10.1. The lowest BCUT2D eigenvalue weighted by Crippen LogP contribution is -2.43. The number of anilines is 2. The summed E-state index contributed by atoms with van der Waals surface area (Å²) in [5.41, 5.74) is 1.47. The molecule has 3 rings (SSSR count). The third-order valence-corrected chi connectivity index (χ3v) is 5.16. The van der Waals surface area contributed by atoms with Crippen LogP contribution < -0.4 is 15.0 Å². The van der Waals surface area contributed by atoms with Gasteiger partial charge in [-0.2, -0.15) is 0 Å². The van der Waals surface area contributed by atoms with E-state index in [4.69, 9.17) is 9.47 Å². The zero-order chi connectivity index (χ0) is 24.0. The van der Waals surface area contributed by atoms with Gasteiger partial charge in [-0.15, -0.1) is 0 Å². The Morgan fingerprint density at radius 1 is 1.06 bits per heavy atom. The number of ether oxygens (including phenoxy) is 2. The van der Waals surface area contributed by atoms with Crippen molar-refractivity contribution in [3.8, 4) is 5.75 Å². The largest absolute Gasteiger partial charge is 0.482 e. The van der Waals surface area contributed by atoms with Crippen molar-refractivity contribution >= 4 is 35.1 Å². The summed E-state index contributed by atoms with van der Waals surface area (Å²) in [5.74, 6) is -1.09. The van der Waals surface area contributed by atoms with Gasteiger partial charge in [0.25, 0.3) is 11.8 Å². The van der Waals surface area contributed by atoms with Crippen LogP contribution >= 0.6 is 0 Å². The van der Waals surface area contributed by atoms with Gasteiger partial charge in [-0.05, 0) is 57.2 Å². The molecular weight excluding hydrogens is 426 g/mol. The lowest BCUT2D eigenvalue weighted by Gasteiger charge is -2.29. The van der Waals surface area contributed by atoms with Crippen LogP contribution in [-0.4, -0.2) is 61.4 Å². The molecule has 3 amide bonds. The van der Waals surface area contributed by atoms with Gasteiger partial charge in [-0.1, -0.05) is 6.07 Å². The third kappa shape index (κ3) is 5.49. The minimum Gasteiger partial charge on any atom is -0.482 e. The Kier molecular flexibility index (Phi) is 7.66. The van der Waals surface area contributed by atoms with Crippen LogP contribution in [-0.2, 0) is 14.3 Å². The number of carbonyl (C=O) groups excluding carboxylic acids is 4. The molecule has 0 aromatic heterocycles. The van der Waals surface area contributed by atoms with Gasteiger partial charge in [0.2, 0.25) is 5.91 Å².